The lowest BCUT2D eigenvalue weighted by molar-refractivity contribution is 0.478. The van der Waals surface area contributed by atoms with Crippen LogP contribution in [0.5, 0.6) is 0 Å². The Hall–Kier alpha value is -0.990. The molecule has 1 heterocycles. The van der Waals surface area contributed by atoms with Crippen LogP contribution in [0, 0.1) is 0 Å². The third kappa shape index (κ3) is 1.31. The van der Waals surface area contributed by atoms with Crippen LogP contribution in [0.3, 0.4) is 0 Å². The number of aromatic nitrogens is 2. The Bertz CT molecular complexity index is 338. The minimum absolute atomic E-state index is 0.0369. The summed E-state index contributed by atoms with van der Waals surface area (Å²) in [6.45, 7) is 6.30. The highest BCUT2D eigenvalue weighted by Crippen LogP contribution is 2.19. The first-order valence-electron chi connectivity index (χ1n) is 4.07. The molecule has 68 valence electrons. The molecule has 0 fully saturated rings. The molecule has 0 N–H and O–H groups in total. The predicted molar refractivity (Wildman–Crippen MR) is 49.4 cm³/mol. The molecule has 0 bridgehead atoms. The van der Waals surface area contributed by atoms with E-state index in [4.69, 9.17) is 0 Å². The normalized spacial score (nSPS) is 12.1. The molecule has 0 spiro atoms. The van der Waals surface area contributed by atoms with E-state index in [0.29, 0.717) is 0 Å². The smallest absolute Gasteiger partial charge is 0.266 e. The van der Waals surface area contributed by atoms with E-state index in [1.54, 1.807) is 17.8 Å². The van der Waals surface area contributed by atoms with Gasteiger partial charge in [0.1, 0.15) is 0 Å². The Morgan fingerprint density at radius 3 is 1.83 bits per heavy atom. The number of rotatable bonds is 0. The van der Waals surface area contributed by atoms with E-state index in [9.17, 15) is 4.79 Å². The van der Waals surface area contributed by atoms with Crippen LogP contribution in [-0.4, -0.2) is 9.36 Å². The van der Waals surface area contributed by atoms with E-state index < -0.39 is 0 Å². The maximum atomic E-state index is 11.2. The van der Waals surface area contributed by atoms with E-state index in [1.165, 1.54) is 0 Å². The highest BCUT2D eigenvalue weighted by molar-refractivity contribution is 5.12. The zero-order valence-electron chi connectivity index (χ0n) is 8.38. The van der Waals surface area contributed by atoms with Crippen molar-refractivity contribution in [2.24, 2.45) is 14.1 Å². The monoisotopic (exact) mass is 168 g/mol. The second kappa shape index (κ2) is 2.51. The van der Waals surface area contributed by atoms with Crippen molar-refractivity contribution >= 4 is 0 Å². The fraction of sp³-hybridized carbons (Fsp3) is 0.667. The molecule has 1 rings (SSSR count). The molecule has 0 amide bonds. The third-order valence-corrected chi connectivity index (χ3v) is 2.15. The van der Waals surface area contributed by atoms with Gasteiger partial charge in [-0.1, -0.05) is 20.8 Å². The van der Waals surface area contributed by atoms with Gasteiger partial charge in [0.15, 0.2) is 0 Å². The summed E-state index contributed by atoms with van der Waals surface area (Å²) < 4.78 is 3.50. The van der Waals surface area contributed by atoms with Crippen molar-refractivity contribution in [1.29, 1.82) is 0 Å². The second-order valence-corrected chi connectivity index (χ2v) is 4.17. The summed E-state index contributed by atoms with van der Waals surface area (Å²) in [6.07, 6.45) is 0. The Labute approximate surface area is 72.6 Å². The first kappa shape index (κ1) is 9.10. The van der Waals surface area contributed by atoms with Crippen LogP contribution in [0.2, 0.25) is 0 Å². The summed E-state index contributed by atoms with van der Waals surface area (Å²) in [5.74, 6) is 0. The molecule has 12 heavy (non-hydrogen) atoms. The van der Waals surface area contributed by atoms with Crippen LogP contribution in [0.4, 0.5) is 0 Å². The van der Waals surface area contributed by atoms with Gasteiger partial charge >= 0.3 is 0 Å². The van der Waals surface area contributed by atoms with Crippen molar-refractivity contribution in [3.63, 3.8) is 0 Å². The summed E-state index contributed by atoms with van der Waals surface area (Å²) >= 11 is 0. The Morgan fingerprint density at radius 2 is 1.67 bits per heavy atom. The van der Waals surface area contributed by atoms with Crippen molar-refractivity contribution in [2.45, 2.75) is 26.2 Å². The fourth-order valence-corrected chi connectivity index (χ4v) is 1.32. The van der Waals surface area contributed by atoms with E-state index in [0.717, 1.165) is 5.69 Å². The van der Waals surface area contributed by atoms with E-state index in [2.05, 4.69) is 20.8 Å². The molecule has 0 saturated carbocycles. The SMILES string of the molecule is Cn1c(C(C)(C)C)cc(=O)n1C. The molecular formula is C9H16N2O. The quantitative estimate of drug-likeness (QED) is 0.568. The largest absolute Gasteiger partial charge is 0.289 e. The maximum absolute atomic E-state index is 11.2. The minimum atomic E-state index is 0.0369. The van der Waals surface area contributed by atoms with Crippen molar-refractivity contribution in [1.82, 2.24) is 9.36 Å². The topological polar surface area (TPSA) is 26.9 Å². The molecule has 0 atom stereocenters. The second-order valence-electron chi connectivity index (χ2n) is 4.17. The van der Waals surface area contributed by atoms with Crippen LogP contribution < -0.4 is 5.56 Å². The maximum Gasteiger partial charge on any atom is 0.266 e. The molecule has 0 radical (unpaired) electrons. The van der Waals surface area contributed by atoms with E-state index in [1.807, 2.05) is 11.7 Å². The molecule has 0 saturated heterocycles. The van der Waals surface area contributed by atoms with Gasteiger partial charge in [0.05, 0.1) is 0 Å². The lowest BCUT2D eigenvalue weighted by atomic mass is 9.92. The van der Waals surface area contributed by atoms with Crippen LogP contribution in [0.1, 0.15) is 26.5 Å². The van der Waals surface area contributed by atoms with Gasteiger partial charge in [-0.15, -0.1) is 0 Å². The van der Waals surface area contributed by atoms with Crippen LogP contribution in [0.25, 0.3) is 0 Å². The Kier molecular flexibility index (Phi) is 1.90. The fourth-order valence-electron chi connectivity index (χ4n) is 1.32. The number of hydrogen-bond acceptors (Lipinski definition) is 1. The zero-order chi connectivity index (χ0) is 9.52. The first-order valence-corrected chi connectivity index (χ1v) is 4.07. The summed E-state index contributed by atoms with van der Waals surface area (Å²) in [6, 6.07) is 1.69. The van der Waals surface area contributed by atoms with Gasteiger partial charge in [0, 0.05) is 31.3 Å². The lowest BCUT2D eigenvalue weighted by Gasteiger charge is -2.19. The van der Waals surface area contributed by atoms with Gasteiger partial charge in [-0.2, -0.15) is 0 Å². The van der Waals surface area contributed by atoms with Crippen molar-refractivity contribution in [2.75, 3.05) is 0 Å². The molecule has 3 heteroatoms. The molecule has 0 aliphatic heterocycles. The molecule has 3 nitrogen and oxygen atoms in total. The Balaban J connectivity index is 3.38. The summed E-state index contributed by atoms with van der Waals surface area (Å²) in [5.41, 5.74) is 1.16. The average Bonchev–Trinajstić information content (AvgIpc) is 2.15. The van der Waals surface area contributed by atoms with Gasteiger partial charge in [-0.05, 0) is 0 Å². The van der Waals surface area contributed by atoms with Gasteiger partial charge in [-0.25, -0.2) is 0 Å². The van der Waals surface area contributed by atoms with Crippen molar-refractivity contribution in [3.05, 3.63) is 22.1 Å². The predicted octanol–water partition coefficient (Wildman–Crippen LogP) is 1.02. The van der Waals surface area contributed by atoms with Gasteiger partial charge in [0.2, 0.25) is 0 Å². The van der Waals surface area contributed by atoms with Gasteiger partial charge in [0.25, 0.3) is 5.56 Å². The van der Waals surface area contributed by atoms with Gasteiger partial charge < -0.3 is 0 Å². The number of nitrogens with zero attached hydrogens (tertiary/aromatic N) is 2. The van der Waals surface area contributed by atoms with Crippen molar-refractivity contribution < 1.29 is 0 Å². The van der Waals surface area contributed by atoms with Gasteiger partial charge in [-0.3, -0.25) is 14.2 Å². The molecule has 0 aliphatic carbocycles. The van der Waals surface area contributed by atoms with E-state index >= 15 is 0 Å². The van der Waals surface area contributed by atoms with Crippen LogP contribution in [-0.2, 0) is 19.5 Å². The molecule has 1 aromatic rings. The molecule has 1 aromatic heterocycles. The Morgan fingerprint density at radius 1 is 1.17 bits per heavy atom. The summed E-state index contributed by atoms with van der Waals surface area (Å²) in [4.78, 5) is 11.2. The summed E-state index contributed by atoms with van der Waals surface area (Å²) in [5, 5.41) is 0. The highest BCUT2D eigenvalue weighted by Gasteiger charge is 2.19. The van der Waals surface area contributed by atoms with E-state index in [-0.39, 0.29) is 11.0 Å². The molecule has 0 aromatic carbocycles. The average molecular weight is 168 g/mol. The highest BCUT2D eigenvalue weighted by atomic mass is 16.1. The minimum Gasteiger partial charge on any atom is -0.289 e. The molecule has 0 unspecified atom stereocenters. The molecular weight excluding hydrogens is 152 g/mol. The van der Waals surface area contributed by atoms with Crippen molar-refractivity contribution in [3.8, 4) is 0 Å². The first-order chi connectivity index (χ1) is 5.34. The third-order valence-electron chi connectivity index (χ3n) is 2.15. The van der Waals surface area contributed by atoms with Crippen LogP contribution in [0.15, 0.2) is 10.9 Å². The standard InChI is InChI=1S/C9H16N2O/c1-9(2,3)7-6-8(12)11(5)10(7)4/h6H,1-5H3. The summed E-state index contributed by atoms with van der Waals surface area (Å²) in [7, 11) is 3.68. The van der Waals surface area contributed by atoms with Crippen LogP contribution >= 0.6 is 0 Å². The molecule has 0 aliphatic rings. The zero-order valence-corrected chi connectivity index (χ0v) is 8.38. The lowest BCUT2D eigenvalue weighted by Crippen LogP contribution is -2.20. The number of hydrogen-bond donors (Lipinski definition) is 0.